The van der Waals surface area contributed by atoms with Crippen LogP contribution in [0, 0.1) is 24.0 Å². The van der Waals surface area contributed by atoms with E-state index in [1.54, 1.807) is 25.3 Å². The van der Waals surface area contributed by atoms with Crippen molar-refractivity contribution < 1.29 is 4.92 Å². The Balaban J connectivity index is 0.000000165. The number of nitro groups is 1. The topological polar surface area (TPSA) is 77.1 Å². The van der Waals surface area contributed by atoms with Gasteiger partial charge in [0.2, 0.25) is 0 Å². The number of hydrogen-bond acceptors (Lipinski definition) is 5. The number of benzene rings is 2. The van der Waals surface area contributed by atoms with Gasteiger partial charge in [-0.2, -0.15) is 0 Å². The quantitative estimate of drug-likeness (QED) is 0.178. The Kier molecular flexibility index (Phi) is 7.16. The van der Waals surface area contributed by atoms with Crippen LogP contribution in [0.4, 0.5) is 5.69 Å². The lowest BCUT2D eigenvalue weighted by atomic mass is 9.96. The molecule has 0 amide bonds. The van der Waals surface area contributed by atoms with Gasteiger partial charge in [0.15, 0.2) is 0 Å². The predicted octanol–water partition coefficient (Wildman–Crippen LogP) is 7.08. The van der Waals surface area contributed by atoms with E-state index in [2.05, 4.69) is 60.3 Å². The first-order chi connectivity index (χ1) is 17.3. The largest absolute Gasteiger partial charge is 0.327 e. The van der Waals surface area contributed by atoms with Gasteiger partial charge in [-0.15, -0.1) is 0 Å². The maximum Gasteiger partial charge on any atom is 0.298 e. The molecule has 0 spiro atoms. The summed E-state index contributed by atoms with van der Waals surface area (Å²) in [6.45, 7) is 7.39. The van der Waals surface area contributed by atoms with Crippen LogP contribution in [0.25, 0.3) is 21.9 Å². The number of nitro benzene ring substituents is 1. The second-order valence-electron chi connectivity index (χ2n) is 9.79. The molecule has 7 nitrogen and oxygen atoms in total. The van der Waals surface area contributed by atoms with E-state index in [0.717, 1.165) is 18.4 Å². The third-order valence-electron chi connectivity index (χ3n) is 7.45. The molecular weight excluding hydrogens is 586 g/mol. The third-order valence-corrected chi connectivity index (χ3v) is 9.85. The van der Waals surface area contributed by atoms with E-state index >= 15 is 0 Å². The van der Waals surface area contributed by atoms with Crippen LogP contribution in [0.1, 0.15) is 47.7 Å². The van der Waals surface area contributed by atoms with Crippen LogP contribution < -0.4 is 0 Å². The normalized spacial score (nSPS) is 16.2. The van der Waals surface area contributed by atoms with Crippen molar-refractivity contribution in [2.45, 2.75) is 52.0 Å². The van der Waals surface area contributed by atoms with Crippen molar-refractivity contribution >= 4 is 59.5 Å². The molecule has 2 aliphatic heterocycles. The SMILES string of the molecule is Cc1c(Br)c(Br)c2c3c1nc(C1CCN(C)CC1)n3CCC2.Cc1ccc2cccnc2c1[N+](=O)[O-]. The molecular formula is C27H29Br2N5O2. The summed E-state index contributed by atoms with van der Waals surface area (Å²) in [7, 11) is 2.22. The maximum atomic E-state index is 10.8. The number of pyridine rings is 1. The van der Waals surface area contributed by atoms with E-state index in [1.165, 1.54) is 69.3 Å². The maximum absolute atomic E-state index is 10.8. The number of hydrogen-bond donors (Lipinski definition) is 0. The Bertz CT molecular complexity index is 1470. The highest BCUT2D eigenvalue weighted by molar-refractivity contribution is 9.13. The molecule has 0 bridgehead atoms. The lowest BCUT2D eigenvalue weighted by Gasteiger charge is -2.29. The van der Waals surface area contributed by atoms with E-state index in [-0.39, 0.29) is 10.6 Å². The van der Waals surface area contributed by atoms with Gasteiger partial charge < -0.3 is 9.47 Å². The van der Waals surface area contributed by atoms with Crippen LogP contribution in [0.5, 0.6) is 0 Å². The first-order valence-electron chi connectivity index (χ1n) is 12.3. The minimum absolute atomic E-state index is 0.100. The molecule has 0 atom stereocenters. The van der Waals surface area contributed by atoms with E-state index in [0.29, 0.717) is 17.0 Å². The molecule has 6 rings (SSSR count). The average molecular weight is 615 g/mol. The zero-order chi connectivity index (χ0) is 25.6. The van der Waals surface area contributed by atoms with E-state index in [9.17, 15) is 10.1 Å². The number of likely N-dealkylation sites (tertiary alicyclic amines) is 1. The Morgan fingerprint density at radius 1 is 1.06 bits per heavy atom. The number of piperidine rings is 1. The molecule has 0 N–H and O–H groups in total. The summed E-state index contributed by atoms with van der Waals surface area (Å²) >= 11 is 7.55. The number of nitrogens with zero attached hydrogens (tertiary/aromatic N) is 5. The van der Waals surface area contributed by atoms with Gasteiger partial charge in [-0.3, -0.25) is 10.1 Å². The van der Waals surface area contributed by atoms with Gasteiger partial charge in [-0.25, -0.2) is 9.97 Å². The molecule has 4 heterocycles. The first-order valence-corrected chi connectivity index (χ1v) is 13.9. The van der Waals surface area contributed by atoms with Gasteiger partial charge in [0, 0.05) is 38.6 Å². The third kappa shape index (κ3) is 4.46. The summed E-state index contributed by atoms with van der Waals surface area (Å²) in [4.78, 5) is 22.0. The molecule has 2 aliphatic rings. The van der Waals surface area contributed by atoms with Crippen molar-refractivity contribution in [3.8, 4) is 0 Å². The number of fused-ring (bicyclic) bond motifs is 1. The van der Waals surface area contributed by atoms with Crippen molar-refractivity contribution in [1.82, 2.24) is 19.4 Å². The number of rotatable bonds is 2. The van der Waals surface area contributed by atoms with Crippen LogP contribution >= 0.6 is 31.9 Å². The fraction of sp³-hybridized carbons (Fsp3) is 0.407. The van der Waals surface area contributed by atoms with Crippen LogP contribution in [-0.2, 0) is 13.0 Å². The van der Waals surface area contributed by atoms with Gasteiger partial charge >= 0.3 is 0 Å². The molecule has 1 fully saturated rings. The molecule has 188 valence electrons. The second kappa shape index (κ2) is 10.2. The van der Waals surface area contributed by atoms with E-state index in [4.69, 9.17) is 4.98 Å². The first kappa shape index (κ1) is 25.3. The van der Waals surface area contributed by atoms with Crippen molar-refractivity contribution in [3.05, 3.63) is 72.0 Å². The summed E-state index contributed by atoms with van der Waals surface area (Å²) in [6.07, 6.45) is 6.39. The van der Waals surface area contributed by atoms with Crippen molar-refractivity contribution in [2.24, 2.45) is 0 Å². The molecule has 0 saturated carbocycles. The lowest BCUT2D eigenvalue weighted by molar-refractivity contribution is -0.383. The summed E-state index contributed by atoms with van der Waals surface area (Å²) < 4.78 is 4.93. The van der Waals surface area contributed by atoms with Crippen molar-refractivity contribution in [3.63, 3.8) is 0 Å². The smallest absolute Gasteiger partial charge is 0.298 e. The highest BCUT2D eigenvalue weighted by atomic mass is 79.9. The number of imidazole rings is 1. The molecule has 0 radical (unpaired) electrons. The molecule has 1 saturated heterocycles. The standard InChI is InChI=1S/C17H21Br2N3.C10H8N2O2/c1-10-13(18)14(19)12-4-3-7-22-16(12)15(10)20-17(22)11-5-8-21(2)9-6-11;1-7-4-5-8-3-2-6-11-9(8)10(7)12(13)14/h11H,3-9H2,1-2H3;2-6H,1H3. The lowest BCUT2D eigenvalue weighted by Crippen LogP contribution is -2.30. The zero-order valence-electron chi connectivity index (χ0n) is 20.7. The molecule has 36 heavy (non-hydrogen) atoms. The van der Waals surface area contributed by atoms with Crippen LogP contribution in [0.2, 0.25) is 0 Å². The fourth-order valence-electron chi connectivity index (χ4n) is 5.45. The van der Waals surface area contributed by atoms with Crippen molar-refractivity contribution in [2.75, 3.05) is 20.1 Å². The number of aryl methyl sites for hydroxylation is 4. The monoisotopic (exact) mass is 613 g/mol. The fourth-order valence-corrected chi connectivity index (χ4v) is 6.56. The Morgan fingerprint density at radius 2 is 1.81 bits per heavy atom. The molecule has 4 aromatic rings. The molecule has 9 heteroatoms. The van der Waals surface area contributed by atoms with Crippen molar-refractivity contribution in [1.29, 1.82) is 0 Å². The van der Waals surface area contributed by atoms with E-state index in [1.807, 2.05) is 12.1 Å². The van der Waals surface area contributed by atoms with Gasteiger partial charge in [-0.1, -0.05) is 18.2 Å². The summed E-state index contributed by atoms with van der Waals surface area (Å²) in [5.41, 5.74) is 6.49. The van der Waals surface area contributed by atoms with Gasteiger partial charge in [0.1, 0.15) is 11.3 Å². The van der Waals surface area contributed by atoms with Gasteiger partial charge in [-0.05, 0) is 109 Å². The summed E-state index contributed by atoms with van der Waals surface area (Å²) in [5, 5.41) is 11.6. The highest BCUT2D eigenvalue weighted by Gasteiger charge is 2.29. The average Bonchev–Trinajstić information content (AvgIpc) is 3.27. The predicted molar refractivity (Wildman–Crippen MR) is 151 cm³/mol. The second-order valence-corrected chi connectivity index (χ2v) is 11.4. The summed E-state index contributed by atoms with van der Waals surface area (Å²) in [5.74, 6) is 1.95. The Labute approximate surface area is 227 Å². The minimum Gasteiger partial charge on any atom is -0.327 e. The molecule has 0 unspecified atom stereocenters. The minimum atomic E-state index is -0.384. The Morgan fingerprint density at radius 3 is 2.53 bits per heavy atom. The van der Waals surface area contributed by atoms with Gasteiger partial charge in [0.25, 0.3) is 5.69 Å². The number of aromatic nitrogens is 3. The zero-order valence-corrected chi connectivity index (χ0v) is 23.9. The molecule has 2 aromatic carbocycles. The molecule has 0 aliphatic carbocycles. The van der Waals surface area contributed by atoms with Crippen LogP contribution in [0.15, 0.2) is 39.4 Å². The van der Waals surface area contributed by atoms with Crippen LogP contribution in [-0.4, -0.2) is 44.5 Å². The number of halogens is 2. The molecule has 2 aromatic heterocycles. The summed E-state index contributed by atoms with van der Waals surface area (Å²) in [6, 6.07) is 7.16. The van der Waals surface area contributed by atoms with Crippen LogP contribution in [0.3, 0.4) is 0 Å². The Hall–Kier alpha value is -2.36. The van der Waals surface area contributed by atoms with Gasteiger partial charge in [0.05, 0.1) is 16.0 Å². The van der Waals surface area contributed by atoms with E-state index < -0.39 is 0 Å². The highest BCUT2D eigenvalue weighted by Crippen LogP contribution is 2.42.